The van der Waals surface area contributed by atoms with Crippen molar-refractivity contribution < 1.29 is 23.8 Å². The van der Waals surface area contributed by atoms with E-state index in [9.17, 15) is 9.59 Å². The highest BCUT2D eigenvalue weighted by Crippen LogP contribution is 2.38. The highest BCUT2D eigenvalue weighted by Gasteiger charge is 2.28. The minimum Gasteiger partial charge on any atom is -0.497 e. The van der Waals surface area contributed by atoms with Gasteiger partial charge in [-0.3, -0.25) is 14.5 Å². The number of carbonyl (C=O) groups excluding carboxylic acids is 2. The van der Waals surface area contributed by atoms with Crippen LogP contribution in [-0.4, -0.2) is 44.0 Å². The molecule has 1 aromatic heterocycles. The number of nitrogens with zero attached hydrogens (tertiary/aromatic N) is 2. The number of hydrogen-bond donors (Lipinski definition) is 0. The summed E-state index contributed by atoms with van der Waals surface area (Å²) < 4.78 is 16.4. The summed E-state index contributed by atoms with van der Waals surface area (Å²) in [6.45, 7) is 4.18. The highest BCUT2D eigenvalue weighted by molar-refractivity contribution is 6.07. The van der Waals surface area contributed by atoms with E-state index in [-0.39, 0.29) is 24.8 Å². The topological polar surface area (TPSA) is 78.0 Å². The molecule has 7 heteroatoms. The van der Waals surface area contributed by atoms with Crippen molar-refractivity contribution in [2.24, 2.45) is 5.92 Å². The largest absolute Gasteiger partial charge is 0.497 e. The molecule has 1 aliphatic rings. The molecule has 0 bridgehead atoms. The molecule has 0 N–H and O–H groups in total. The van der Waals surface area contributed by atoms with E-state index < -0.39 is 0 Å². The zero-order chi connectivity index (χ0) is 32.2. The Kier molecular flexibility index (Phi) is 8.83. The summed E-state index contributed by atoms with van der Waals surface area (Å²) in [5.41, 5.74) is 7.69. The predicted octanol–water partition coefficient (Wildman–Crippen LogP) is 7.91. The normalized spacial score (nSPS) is 12.5. The number of Topliss-reactive ketones (excluding diaryl/α,β-unsaturated/α-hetero) is 1. The van der Waals surface area contributed by atoms with Crippen LogP contribution in [0.5, 0.6) is 17.2 Å². The Morgan fingerprint density at radius 1 is 0.761 bits per heavy atom. The van der Waals surface area contributed by atoms with Gasteiger partial charge in [0.05, 0.1) is 37.8 Å². The van der Waals surface area contributed by atoms with Crippen molar-refractivity contribution in [1.29, 1.82) is 0 Å². The number of amides is 1. The van der Waals surface area contributed by atoms with Gasteiger partial charge in [-0.1, -0.05) is 50.2 Å². The van der Waals surface area contributed by atoms with Crippen molar-refractivity contribution in [1.82, 2.24) is 4.98 Å². The third-order valence-electron chi connectivity index (χ3n) is 8.05. The number of benzene rings is 4. The molecule has 0 fully saturated rings. The first kappa shape index (κ1) is 30.6. The van der Waals surface area contributed by atoms with Gasteiger partial charge in [-0.05, 0) is 95.8 Å². The summed E-state index contributed by atoms with van der Waals surface area (Å²) >= 11 is 0. The molecule has 2 heterocycles. The summed E-state index contributed by atoms with van der Waals surface area (Å²) in [7, 11) is 3.23. The minimum atomic E-state index is -0.284. The predicted molar refractivity (Wildman–Crippen MR) is 181 cm³/mol. The van der Waals surface area contributed by atoms with E-state index in [2.05, 4.69) is 44.2 Å². The molecule has 4 aromatic carbocycles. The van der Waals surface area contributed by atoms with Crippen molar-refractivity contribution in [3.8, 4) is 50.9 Å². The van der Waals surface area contributed by atoms with Crippen LogP contribution in [0.2, 0.25) is 0 Å². The first-order chi connectivity index (χ1) is 22.3. The summed E-state index contributed by atoms with van der Waals surface area (Å²) in [6, 6.07) is 33.2. The Labute approximate surface area is 269 Å². The average molecular weight is 613 g/mol. The van der Waals surface area contributed by atoms with Crippen LogP contribution < -0.4 is 19.1 Å². The molecule has 0 atom stereocenters. The van der Waals surface area contributed by atoms with Crippen molar-refractivity contribution in [2.45, 2.75) is 20.3 Å². The molecule has 0 spiro atoms. The molecular weight excluding hydrogens is 576 g/mol. The number of fused-ring (bicyclic) bond motifs is 1. The number of methoxy groups -OCH3 is 2. The van der Waals surface area contributed by atoms with Crippen molar-refractivity contribution >= 4 is 17.4 Å². The standard InChI is InChI=1S/C39H36N2O5/c1-25(2)19-26-5-7-28(8-6-26)34-20-31(27-9-14-32(44-3)15-10-27)21-35(40-34)30-13-18-38-36(22-30)41(39(43)24-46-38)23-37(42)29-11-16-33(45-4)17-12-29/h5-18,20-22,25H,19,23-24H2,1-4H3. The molecule has 1 aliphatic heterocycles. The molecule has 0 saturated heterocycles. The van der Waals surface area contributed by atoms with E-state index in [1.807, 2.05) is 48.5 Å². The number of rotatable bonds is 10. The van der Waals surface area contributed by atoms with Crippen LogP contribution in [0.1, 0.15) is 29.8 Å². The van der Waals surface area contributed by atoms with Gasteiger partial charge in [-0.15, -0.1) is 0 Å². The van der Waals surface area contributed by atoms with Crippen LogP contribution in [0.15, 0.2) is 103 Å². The second-order valence-electron chi connectivity index (χ2n) is 11.8. The fourth-order valence-electron chi connectivity index (χ4n) is 5.61. The Bertz CT molecular complexity index is 1860. The fourth-order valence-corrected chi connectivity index (χ4v) is 5.61. The van der Waals surface area contributed by atoms with Gasteiger partial charge in [0.25, 0.3) is 5.91 Å². The molecule has 0 saturated carbocycles. The van der Waals surface area contributed by atoms with Crippen LogP contribution in [0.3, 0.4) is 0 Å². The average Bonchev–Trinajstić information content (AvgIpc) is 3.09. The van der Waals surface area contributed by atoms with Crippen LogP contribution in [-0.2, 0) is 11.2 Å². The van der Waals surface area contributed by atoms with Gasteiger partial charge in [0.15, 0.2) is 12.4 Å². The van der Waals surface area contributed by atoms with Gasteiger partial charge in [0.1, 0.15) is 17.2 Å². The number of hydrogen-bond acceptors (Lipinski definition) is 6. The first-order valence-electron chi connectivity index (χ1n) is 15.3. The molecule has 1 amide bonds. The number of ketones is 1. The van der Waals surface area contributed by atoms with Gasteiger partial charge in [-0.2, -0.15) is 0 Å². The zero-order valence-electron chi connectivity index (χ0n) is 26.4. The zero-order valence-corrected chi connectivity index (χ0v) is 26.4. The fraction of sp³-hybridized carbons (Fsp3) is 0.205. The van der Waals surface area contributed by atoms with Gasteiger partial charge in [0.2, 0.25) is 0 Å². The quantitative estimate of drug-likeness (QED) is 0.149. The van der Waals surface area contributed by atoms with E-state index in [4.69, 9.17) is 19.2 Å². The number of anilines is 1. The van der Waals surface area contributed by atoms with E-state index in [1.54, 1.807) is 38.5 Å². The molecule has 232 valence electrons. The lowest BCUT2D eigenvalue weighted by Crippen LogP contribution is -2.42. The van der Waals surface area contributed by atoms with Gasteiger partial charge >= 0.3 is 0 Å². The van der Waals surface area contributed by atoms with Crippen LogP contribution in [0, 0.1) is 5.92 Å². The molecule has 6 rings (SSSR count). The van der Waals surface area contributed by atoms with E-state index >= 15 is 0 Å². The second kappa shape index (κ2) is 13.3. The van der Waals surface area contributed by atoms with Gasteiger partial charge < -0.3 is 14.2 Å². The van der Waals surface area contributed by atoms with E-state index in [0.717, 1.165) is 45.8 Å². The maximum atomic E-state index is 13.3. The van der Waals surface area contributed by atoms with Crippen molar-refractivity contribution in [3.63, 3.8) is 0 Å². The Morgan fingerprint density at radius 3 is 1.98 bits per heavy atom. The monoisotopic (exact) mass is 612 g/mol. The number of pyridine rings is 1. The molecule has 0 radical (unpaired) electrons. The Morgan fingerprint density at radius 2 is 1.35 bits per heavy atom. The molecule has 5 aromatic rings. The van der Waals surface area contributed by atoms with Crippen LogP contribution in [0.4, 0.5) is 5.69 Å². The second-order valence-corrected chi connectivity index (χ2v) is 11.8. The third-order valence-corrected chi connectivity index (χ3v) is 8.05. The highest BCUT2D eigenvalue weighted by atomic mass is 16.5. The van der Waals surface area contributed by atoms with Crippen molar-refractivity contribution in [3.05, 3.63) is 114 Å². The molecule has 46 heavy (non-hydrogen) atoms. The molecule has 7 nitrogen and oxygen atoms in total. The number of carbonyl (C=O) groups is 2. The third kappa shape index (κ3) is 6.64. The Hall–Kier alpha value is -5.43. The first-order valence-corrected chi connectivity index (χ1v) is 15.3. The summed E-state index contributed by atoms with van der Waals surface area (Å²) in [4.78, 5) is 32.9. The lowest BCUT2D eigenvalue weighted by molar-refractivity contribution is -0.121. The maximum absolute atomic E-state index is 13.3. The van der Waals surface area contributed by atoms with E-state index in [0.29, 0.717) is 28.7 Å². The molecular formula is C39H36N2O5. The lowest BCUT2D eigenvalue weighted by atomic mass is 9.97. The molecule has 0 unspecified atom stereocenters. The van der Waals surface area contributed by atoms with Gasteiger partial charge in [0, 0.05) is 16.7 Å². The maximum Gasteiger partial charge on any atom is 0.265 e. The van der Waals surface area contributed by atoms with Crippen LogP contribution in [0.25, 0.3) is 33.6 Å². The van der Waals surface area contributed by atoms with Crippen LogP contribution >= 0.6 is 0 Å². The number of ether oxygens (including phenoxy) is 3. The Balaban J connectivity index is 1.39. The number of aromatic nitrogens is 1. The molecule has 0 aliphatic carbocycles. The van der Waals surface area contributed by atoms with Crippen molar-refractivity contribution in [2.75, 3.05) is 32.3 Å². The van der Waals surface area contributed by atoms with Gasteiger partial charge in [-0.25, -0.2) is 4.98 Å². The smallest absolute Gasteiger partial charge is 0.265 e. The summed E-state index contributed by atoms with van der Waals surface area (Å²) in [5, 5.41) is 0. The summed E-state index contributed by atoms with van der Waals surface area (Å²) in [5.74, 6) is 2.08. The van der Waals surface area contributed by atoms with E-state index in [1.165, 1.54) is 10.5 Å². The lowest BCUT2D eigenvalue weighted by Gasteiger charge is -2.29. The minimum absolute atomic E-state index is 0.113. The SMILES string of the molecule is COc1ccc(C(=O)CN2C(=O)COc3ccc(-c4cc(-c5ccc(OC)cc5)cc(-c5ccc(CC(C)C)cc5)n4)cc32)cc1. The summed E-state index contributed by atoms with van der Waals surface area (Å²) in [6.07, 6.45) is 1.01.